The molecule has 3 aliphatic carbocycles. The molecule has 1 heterocycles. The summed E-state index contributed by atoms with van der Waals surface area (Å²) in [6.07, 6.45) is 0. The Morgan fingerprint density at radius 3 is 1.37 bits per heavy atom. The topological polar surface area (TPSA) is 8.17 Å². The van der Waals surface area contributed by atoms with Crippen molar-refractivity contribution in [3.8, 4) is 61.3 Å². The van der Waals surface area contributed by atoms with E-state index in [2.05, 4.69) is 325 Å². The number of hydrogen-bond donors (Lipinski definition) is 0. The van der Waals surface area contributed by atoms with Gasteiger partial charge in [-0.2, -0.15) is 0 Å². The monoisotopic (exact) mass is 1040 g/mol. The van der Waals surface area contributed by atoms with E-state index in [1.165, 1.54) is 111 Å². The Bertz CT molecular complexity index is 4750. The summed E-state index contributed by atoms with van der Waals surface area (Å²) < 4.78 is 2.55. The Morgan fingerprint density at radius 1 is 0.256 bits per heavy atom. The highest BCUT2D eigenvalue weighted by molar-refractivity contribution is 6.12. The number of aromatic nitrogens is 1. The van der Waals surface area contributed by atoms with Gasteiger partial charge in [0.15, 0.2) is 0 Å². The molecular formula is C80H52N2. The molecule has 0 atom stereocenters. The first-order valence-corrected chi connectivity index (χ1v) is 28.6. The molecule has 0 saturated heterocycles. The van der Waals surface area contributed by atoms with Crippen molar-refractivity contribution >= 4 is 38.9 Å². The van der Waals surface area contributed by atoms with Crippen molar-refractivity contribution in [3.63, 3.8) is 0 Å². The molecule has 1 spiro atoms. The van der Waals surface area contributed by atoms with Crippen LogP contribution in [-0.2, 0) is 10.8 Å². The summed E-state index contributed by atoms with van der Waals surface area (Å²) in [7, 11) is 0. The lowest BCUT2D eigenvalue weighted by Crippen LogP contribution is -2.28. The van der Waals surface area contributed by atoms with Crippen molar-refractivity contribution in [3.05, 3.63) is 360 Å². The first-order valence-electron chi connectivity index (χ1n) is 28.6. The van der Waals surface area contributed by atoms with Crippen LogP contribution in [0.4, 0.5) is 17.1 Å². The standard InChI is InChI=1S/C80H52N2/c1-4-23-53(24-5-1)54-43-46-58(47-44-54)81(59-48-50-64-63-32-12-18-37-70(63)80(73(64)52-59)68-35-16-10-30-61(68)62-31-11-17-36-69(62)80)74-40-20-14-29-60(74)55-45-49-66-65-33-15-21-41-75(65)82(77(66)51-55)76-42-22-39-72-78(76)67-34-13-19-38-71(67)79(72,56-25-6-2-7-26-56)57-27-8-3-9-28-57/h1-52H. The SMILES string of the molecule is c1ccc(-c2ccc(N(c3ccc4c(c3)C3(c5ccccc5-c5ccccc53)c3ccccc3-4)c3ccccc3-c3ccc4c5ccccc5n(-c5cccc6c5-c5ccccc5C6(c5ccccc5)c5ccccc5)c4c3)cc2)cc1. The molecule has 0 amide bonds. The first kappa shape index (κ1) is 46.4. The van der Waals surface area contributed by atoms with Crippen molar-refractivity contribution in [2.45, 2.75) is 10.8 Å². The van der Waals surface area contributed by atoms with Crippen LogP contribution in [0.15, 0.2) is 315 Å². The third-order valence-corrected chi connectivity index (χ3v) is 18.3. The highest BCUT2D eigenvalue weighted by Crippen LogP contribution is 2.64. The zero-order valence-electron chi connectivity index (χ0n) is 44.9. The molecule has 3 aliphatic rings. The van der Waals surface area contributed by atoms with Gasteiger partial charge in [0.2, 0.25) is 0 Å². The van der Waals surface area contributed by atoms with E-state index in [9.17, 15) is 0 Å². The van der Waals surface area contributed by atoms with Gasteiger partial charge in [0.05, 0.1) is 33.2 Å². The van der Waals surface area contributed by atoms with Gasteiger partial charge in [-0.25, -0.2) is 0 Å². The minimum absolute atomic E-state index is 0.490. The second kappa shape index (κ2) is 18.0. The number of fused-ring (bicyclic) bond motifs is 16. The Labute approximate surface area is 477 Å². The molecule has 382 valence electrons. The average molecular weight is 1040 g/mol. The van der Waals surface area contributed by atoms with Gasteiger partial charge in [-0.3, -0.25) is 0 Å². The van der Waals surface area contributed by atoms with E-state index in [0.29, 0.717) is 0 Å². The molecular weight excluding hydrogens is 989 g/mol. The van der Waals surface area contributed by atoms with Gasteiger partial charge in [0.1, 0.15) is 0 Å². The zero-order valence-corrected chi connectivity index (χ0v) is 44.9. The second-order valence-corrected chi connectivity index (χ2v) is 22.2. The maximum absolute atomic E-state index is 2.55. The predicted molar refractivity (Wildman–Crippen MR) is 340 cm³/mol. The summed E-state index contributed by atoms with van der Waals surface area (Å²) in [5.74, 6) is 0. The van der Waals surface area contributed by atoms with E-state index >= 15 is 0 Å². The van der Waals surface area contributed by atoms with Crippen molar-refractivity contribution in [2.75, 3.05) is 4.90 Å². The Kier molecular flexibility index (Phi) is 10.2. The van der Waals surface area contributed by atoms with E-state index in [1.807, 2.05) is 0 Å². The zero-order chi connectivity index (χ0) is 53.9. The Hall–Kier alpha value is -10.5. The summed E-state index contributed by atoms with van der Waals surface area (Å²) in [5, 5.41) is 2.44. The molecule has 0 bridgehead atoms. The molecule has 0 aliphatic heterocycles. The number of nitrogens with zero attached hydrogens (tertiary/aromatic N) is 2. The minimum atomic E-state index is -0.527. The molecule has 0 radical (unpaired) electrons. The molecule has 1 aromatic heterocycles. The summed E-state index contributed by atoms with van der Waals surface area (Å²) in [6.45, 7) is 0. The fourth-order valence-corrected chi connectivity index (χ4v) is 15.1. The van der Waals surface area contributed by atoms with Crippen LogP contribution >= 0.6 is 0 Å². The molecule has 82 heavy (non-hydrogen) atoms. The number of rotatable bonds is 8. The highest BCUT2D eigenvalue weighted by Gasteiger charge is 2.52. The van der Waals surface area contributed by atoms with Crippen LogP contribution < -0.4 is 4.90 Å². The van der Waals surface area contributed by atoms with Crippen molar-refractivity contribution in [1.82, 2.24) is 4.57 Å². The van der Waals surface area contributed by atoms with Gasteiger partial charge in [-0.15, -0.1) is 0 Å². The molecule has 0 N–H and O–H groups in total. The fraction of sp³-hybridized carbons (Fsp3) is 0.0250. The molecule has 17 rings (SSSR count). The van der Waals surface area contributed by atoms with Crippen LogP contribution in [-0.4, -0.2) is 4.57 Å². The fourth-order valence-electron chi connectivity index (χ4n) is 15.1. The van der Waals surface area contributed by atoms with Gasteiger partial charge >= 0.3 is 0 Å². The molecule has 14 aromatic rings. The maximum atomic E-state index is 2.55. The number of anilines is 3. The van der Waals surface area contributed by atoms with E-state index in [-0.39, 0.29) is 0 Å². The van der Waals surface area contributed by atoms with Gasteiger partial charge in [-0.05, 0) is 138 Å². The molecule has 2 nitrogen and oxygen atoms in total. The van der Waals surface area contributed by atoms with Crippen LogP contribution in [0.1, 0.15) is 44.5 Å². The van der Waals surface area contributed by atoms with Gasteiger partial charge < -0.3 is 9.47 Å². The van der Waals surface area contributed by atoms with Gasteiger partial charge in [-0.1, -0.05) is 267 Å². The van der Waals surface area contributed by atoms with Crippen LogP contribution in [0.3, 0.4) is 0 Å². The normalized spacial score (nSPS) is 13.6. The quantitative estimate of drug-likeness (QED) is 0.147. The third-order valence-electron chi connectivity index (χ3n) is 18.3. The summed E-state index contributed by atoms with van der Waals surface area (Å²) in [5.41, 5.74) is 28.5. The van der Waals surface area contributed by atoms with E-state index < -0.39 is 10.8 Å². The number of para-hydroxylation sites is 2. The van der Waals surface area contributed by atoms with Gasteiger partial charge in [0.25, 0.3) is 0 Å². The predicted octanol–water partition coefficient (Wildman–Crippen LogP) is 20.3. The van der Waals surface area contributed by atoms with E-state index in [1.54, 1.807) is 0 Å². The molecule has 0 unspecified atom stereocenters. The lowest BCUT2D eigenvalue weighted by Gasteiger charge is -2.34. The summed E-state index contributed by atoms with van der Waals surface area (Å²) >= 11 is 0. The second-order valence-electron chi connectivity index (χ2n) is 22.2. The highest BCUT2D eigenvalue weighted by atomic mass is 15.1. The Balaban J connectivity index is 0.892. The lowest BCUT2D eigenvalue weighted by molar-refractivity contribution is 0.768. The first-order chi connectivity index (χ1) is 40.7. The van der Waals surface area contributed by atoms with Crippen LogP contribution in [0.2, 0.25) is 0 Å². The minimum Gasteiger partial charge on any atom is -0.310 e. The average Bonchev–Trinajstić information content (AvgIpc) is 1.75. The number of hydrogen-bond acceptors (Lipinski definition) is 1. The summed E-state index contributed by atoms with van der Waals surface area (Å²) in [6, 6.07) is 118. The van der Waals surface area contributed by atoms with Gasteiger partial charge in [0, 0.05) is 33.3 Å². The smallest absolute Gasteiger partial charge is 0.0726 e. The van der Waals surface area contributed by atoms with E-state index in [4.69, 9.17) is 0 Å². The summed E-state index contributed by atoms with van der Waals surface area (Å²) in [4.78, 5) is 2.50. The Morgan fingerprint density at radius 2 is 0.720 bits per heavy atom. The van der Waals surface area contributed by atoms with Crippen LogP contribution in [0.5, 0.6) is 0 Å². The molecule has 2 heteroatoms. The molecule has 0 fully saturated rings. The van der Waals surface area contributed by atoms with Crippen LogP contribution in [0.25, 0.3) is 83.1 Å². The third kappa shape index (κ3) is 6.40. The lowest BCUT2D eigenvalue weighted by atomic mass is 9.68. The molecule has 0 saturated carbocycles. The van der Waals surface area contributed by atoms with Crippen molar-refractivity contribution in [1.29, 1.82) is 0 Å². The number of benzene rings is 13. The van der Waals surface area contributed by atoms with E-state index in [0.717, 1.165) is 33.7 Å². The van der Waals surface area contributed by atoms with Crippen molar-refractivity contribution in [2.24, 2.45) is 0 Å². The maximum Gasteiger partial charge on any atom is 0.0726 e. The van der Waals surface area contributed by atoms with Crippen molar-refractivity contribution < 1.29 is 0 Å². The van der Waals surface area contributed by atoms with Crippen LogP contribution in [0, 0.1) is 0 Å². The molecule has 13 aromatic carbocycles. The largest absolute Gasteiger partial charge is 0.310 e.